The highest BCUT2D eigenvalue weighted by Crippen LogP contribution is 2.25. The molecule has 1 amide bonds. The Kier molecular flexibility index (Phi) is 7.56. The second-order valence-corrected chi connectivity index (χ2v) is 6.31. The zero-order valence-electron chi connectivity index (χ0n) is 15.4. The molecule has 2 atom stereocenters. The standard InChI is InChI=1S/C19H31NO3/c1-7-9-12-19(5,22-6)18(21)20-16-10-11-17(14(3)13-16)23-15(4)8-2/h10-11,13,15H,7-9,12H2,1-6H3,(H,20,21)/t15-,19+/m1/s1. The molecule has 0 radical (unpaired) electrons. The first-order valence-electron chi connectivity index (χ1n) is 8.50. The third-order valence-electron chi connectivity index (χ3n) is 4.27. The number of benzene rings is 1. The van der Waals surface area contributed by atoms with Crippen LogP contribution in [0.1, 0.15) is 58.9 Å². The Balaban J connectivity index is 2.80. The Morgan fingerprint density at radius 1 is 1.35 bits per heavy atom. The minimum absolute atomic E-state index is 0.108. The Bertz CT molecular complexity index is 515. The van der Waals surface area contributed by atoms with Gasteiger partial charge in [0.2, 0.25) is 0 Å². The van der Waals surface area contributed by atoms with Crippen molar-refractivity contribution in [2.24, 2.45) is 0 Å². The third-order valence-corrected chi connectivity index (χ3v) is 4.27. The van der Waals surface area contributed by atoms with E-state index in [0.29, 0.717) is 6.42 Å². The molecule has 0 aliphatic carbocycles. The molecule has 0 aromatic heterocycles. The number of nitrogens with one attached hydrogen (secondary N) is 1. The van der Waals surface area contributed by atoms with Crippen LogP contribution in [-0.2, 0) is 9.53 Å². The molecule has 23 heavy (non-hydrogen) atoms. The highest BCUT2D eigenvalue weighted by atomic mass is 16.5. The van der Waals surface area contributed by atoms with Gasteiger partial charge in [-0.15, -0.1) is 0 Å². The van der Waals surface area contributed by atoms with Crippen molar-refractivity contribution in [3.8, 4) is 5.75 Å². The molecular formula is C19H31NO3. The van der Waals surface area contributed by atoms with Crippen molar-refractivity contribution in [3.63, 3.8) is 0 Å². The van der Waals surface area contributed by atoms with Gasteiger partial charge in [-0.2, -0.15) is 0 Å². The van der Waals surface area contributed by atoms with Gasteiger partial charge in [-0.25, -0.2) is 0 Å². The number of carbonyl (C=O) groups excluding carboxylic acids is 1. The smallest absolute Gasteiger partial charge is 0.256 e. The van der Waals surface area contributed by atoms with Gasteiger partial charge >= 0.3 is 0 Å². The summed E-state index contributed by atoms with van der Waals surface area (Å²) in [6, 6.07) is 5.72. The van der Waals surface area contributed by atoms with Crippen LogP contribution in [0.25, 0.3) is 0 Å². The van der Waals surface area contributed by atoms with E-state index < -0.39 is 5.60 Å². The van der Waals surface area contributed by atoms with Gasteiger partial charge in [-0.3, -0.25) is 4.79 Å². The first-order valence-corrected chi connectivity index (χ1v) is 8.50. The summed E-state index contributed by atoms with van der Waals surface area (Å²) in [6.45, 7) is 10.1. The summed E-state index contributed by atoms with van der Waals surface area (Å²) in [5.74, 6) is 0.751. The maximum Gasteiger partial charge on any atom is 0.256 e. The number of unbranched alkanes of at least 4 members (excludes halogenated alkanes) is 1. The van der Waals surface area contributed by atoms with Crippen LogP contribution in [0.2, 0.25) is 0 Å². The number of ether oxygens (including phenoxy) is 2. The maximum atomic E-state index is 12.5. The molecule has 4 heteroatoms. The summed E-state index contributed by atoms with van der Waals surface area (Å²) >= 11 is 0. The van der Waals surface area contributed by atoms with E-state index in [-0.39, 0.29) is 12.0 Å². The molecular weight excluding hydrogens is 290 g/mol. The minimum atomic E-state index is -0.796. The average Bonchev–Trinajstić information content (AvgIpc) is 2.54. The summed E-state index contributed by atoms with van der Waals surface area (Å²) in [6.07, 6.45) is 3.84. The number of rotatable bonds is 9. The predicted octanol–water partition coefficient (Wildman–Crippen LogP) is 4.71. The van der Waals surface area contributed by atoms with E-state index in [1.165, 1.54) is 0 Å². The highest BCUT2D eigenvalue weighted by Gasteiger charge is 2.32. The summed E-state index contributed by atoms with van der Waals surface area (Å²) in [7, 11) is 1.59. The lowest BCUT2D eigenvalue weighted by atomic mass is 9.97. The highest BCUT2D eigenvalue weighted by molar-refractivity contribution is 5.97. The van der Waals surface area contributed by atoms with Crippen LogP contribution in [-0.4, -0.2) is 24.7 Å². The first-order chi connectivity index (χ1) is 10.9. The van der Waals surface area contributed by atoms with Crippen molar-refractivity contribution in [2.45, 2.75) is 72.0 Å². The van der Waals surface area contributed by atoms with Crippen molar-refractivity contribution < 1.29 is 14.3 Å². The second-order valence-electron chi connectivity index (χ2n) is 6.31. The van der Waals surface area contributed by atoms with Gasteiger partial charge in [-0.1, -0.05) is 26.7 Å². The van der Waals surface area contributed by atoms with E-state index in [4.69, 9.17) is 9.47 Å². The molecule has 0 aliphatic heterocycles. The number of anilines is 1. The van der Waals surface area contributed by atoms with Crippen molar-refractivity contribution in [1.82, 2.24) is 0 Å². The summed E-state index contributed by atoms with van der Waals surface area (Å²) in [5, 5.41) is 2.96. The lowest BCUT2D eigenvalue weighted by Crippen LogP contribution is -2.41. The van der Waals surface area contributed by atoms with Crippen LogP contribution < -0.4 is 10.1 Å². The fraction of sp³-hybridized carbons (Fsp3) is 0.632. The molecule has 1 aromatic rings. The van der Waals surface area contributed by atoms with Crippen molar-refractivity contribution >= 4 is 11.6 Å². The molecule has 1 aromatic carbocycles. The zero-order valence-corrected chi connectivity index (χ0v) is 15.4. The normalized spacial score (nSPS) is 14.9. The number of hydrogen-bond acceptors (Lipinski definition) is 3. The van der Waals surface area contributed by atoms with Crippen LogP contribution >= 0.6 is 0 Å². The zero-order chi connectivity index (χ0) is 17.5. The number of methoxy groups -OCH3 is 1. The van der Waals surface area contributed by atoms with Gasteiger partial charge in [0.25, 0.3) is 5.91 Å². The molecule has 1 rings (SSSR count). The van der Waals surface area contributed by atoms with E-state index in [1.54, 1.807) is 7.11 Å². The number of aryl methyl sites for hydroxylation is 1. The van der Waals surface area contributed by atoms with Crippen molar-refractivity contribution in [3.05, 3.63) is 23.8 Å². The Morgan fingerprint density at radius 2 is 2.04 bits per heavy atom. The molecule has 0 fully saturated rings. The molecule has 0 saturated carbocycles. The molecule has 4 nitrogen and oxygen atoms in total. The summed E-state index contributed by atoms with van der Waals surface area (Å²) in [5.41, 5.74) is 0.982. The van der Waals surface area contributed by atoms with Gasteiger partial charge in [0, 0.05) is 12.8 Å². The van der Waals surface area contributed by atoms with Gasteiger partial charge in [-0.05, 0) is 57.4 Å². The van der Waals surface area contributed by atoms with Gasteiger partial charge < -0.3 is 14.8 Å². The average molecular weight is 321 g/mol. The van der Waals surface area contributed by atoms with Crippen LogP contribution in [0.15, 0.2) is 18.2 Å². The summed E-state index contributed by atoms with van der Waals surface area (Å²) < 4.78 is 11.3. The molecule has 0 spiro atoms. The Morgan fingerprint density at radius 3 is 2.57 bits per heavy atom. The van der Waals surface area contributed by atoms with E-state index >= 15 is 0 Å². The summed E-state index contributed by atoms with van der Waals surface area (Å²) in [4.78, 5) is 12.5. The monoisotopic (exact) mass is 321 g/mol. The fourth-order valence-electron chi connectivity index (χ4n) is 2.25. The van der Waals surface area contributed by atoms with Crippen molar-refractivity contribution in [1.29, 1.82) is 0 Å². The molecule has 0 heterocycles. The fourth-order valence-corrected chi connectivity index (χ4v) is 2.25. The van der Waals surface area contributed by atoms with E-state index in [2.05, 4.69) is 19.2 Å². The van der Waals surface area contributed by atoms with Crippen molar-refractivity contribution in [2.75, 3.05) is 12.4 Å². The molecule has 130 valence electrons. The van der Waals surface area contributed by atoms with Gasteiger partial charge in [0.05, 0.1) is 6.10 Å². The van der Waals surface area contributed by atoms with E-state index in [1.807, 2.05) is 39.0 Å². The van der Waals surface area contributed by atoms with Crippen LogP contribution in [0.5, 0.6) is 5.75 Å². The third kappa shape index (κ3) is 5.54. The van der Waals surface area contributed by atoms with Gasteiger partial charge in [0.15, 0.2) is 0 Å². The Labute approximate surface area is 140 Å². The van der Waals surface area contributed by atoms with Gasteiger partial charge in [0.1, 0.15) is 11.4 Å². The molecule has 1 N–H and O–H groups in total. The molecule has 0 unspecified atom stereocenters. The lowest BCUT2D eigenvalue weighted by Gasteiger charge is -2.27. The largest absolute Gasteiger partial charge is 0.490 e. The van der Waals surface area contributed by atoms with Crippen LogP contribution in [0.4, 0.5) is 5.69 Å². The minimum Gasteiger partial charge on any atom is -0.490 e. The first kappa shape index (κ1) is 19.5. The van der Waals surface area contributed by atoms with Crippen LogP contribution in [0.3, 0.4) is 0 Å². The maximum absolute atomic E-state index is 12.5. The quantitative estimate of drug-likeness (QED) is 0.717. The van der Waals surface area contributed by atoms with E-state index in [9.17, 15) is 4.79 Å². The second kappa shape index (κ2) is 8.92. The number of carbonyl (C=O) groups is 1. The molecule has 0 saturated heterocycles. The van der Waals surface area contributed by atoms with Crippen LogP contribution in [0, 0.1) is 6.92 Å². The molecule has 0 aliphatic rings. The number of hydrogen-bond donors (Lipinski definition) is 1. The lowest BCUT2D eigenvalue weighted by molar-refractivity contribution is -0.136. The Hall–Kier alpha value is -1.55. The number of amides is 1. The predicted molar refractivity (Wildman–Crippen MR) is 95.1 cm³/mol. The topological polar surface area (TPSA) is 47.6 Å². The molecule has 0 bridgehead atoms. The SMILES string of the molecule is CCCC[C@](C)(OC)C(=O)Nc1ccc(O[C@H](C)CC)c(C)c1. The van der Waals surface area contributed by atoms with E-state index in [0.717, 1.165) is 36.3 Å².